The summed E-state index contributed by atoms with van der Waals surface area (Å²) in [6.45, 7) is 5.14. The lowest BCUT2D eigenvalue weighted by Crippen LogP contribution is -2.29. The fraction of sp³-hybridized carbons (Fsp3) is 1.00. The maximum Gasteiger partial charge on any atom is 0.104 e. The molecular formula is C19H41NO. The summed E-state index contributed by atoms with van der Waals surface area (Å²) in [6, 6.07) is 0. The van der Waals surface area contributed by atoms with E-state index in [-0.39, 0.29) is 6.23 Å². The molecule has 1 N–H and O–H groups in total. The van der Waals surface area contributed by atoms with Crippen molar-refractivity contribution in [3.8, 4) is 0 Å². The Kier molecular flexibility index (Phi) is 16.2. The van der Waals surface area contributed by atoms with Crippen LogP contribution in [0.25, 0.3) is 0 Å². The van der Waals surface area contributed by atoms with Gasteiger partial charge >= 0.3 is 0 Å². The first-order chi connectivity index (χ1) is 10.2. The van der Waals surface area contributed by atoms with Crippen LogP contribution in [0, 0.1) is 0 Å². The van der Waals surface area contributed by atoms with Gasteiger partial charge in [0, 0.05) is 6.54 Å². The molecule has 0 saturated heterocycles. The van der Waals surface area contributed by atoms with E-state index in [0.29, 0.717) is 0 Å². The molecule has 0 aromatic carbocycles. The van der Waals surface area contributed by atoms with Gasteiger partial charge in [-0.05, 0) is 20.4 Å². The number of hydrogen-bond acceptors (Lipinski definition) is 2. The highest BCUT2D eigenvalue weighted by Crippen LogP contribution is 2.13. The molecule has 0 saturated carbocycles. The molecule has 2 heteroatoms. The molecule has 0 aliphatic carbocycles. The van der Waals surface area contributed by atoms with E-state index in [1.807, 2.05) is 18.9 Å². The molecule has 0 aromatic heterocycles. The smallest absolute Gasteiger partial charge is 0.104 e. The van der Waals surface area contributed by atoms with E-state index in [0.717, 1.165) is 6.54 Å². The van der Waals surface area contributed by atoms with Crippen LogP contribution in [0.1, 0.15) is 104 Å². The zero-order valence-corrected chi connectivity index (χ0v) is 15.1. The topological polar surface area (TPSA) is 23.5 Å². The van der Waals surface area contributed by atoms with E-state index in [1.165, 1.54) is 89.9 Å². The third-order valence-electron chi connectivity index (χ3n) is 4.50. The molecule has 0 aliphatic heterocycles. The Bertz CT molecular complexity index is 194. The van der Waals surface area contributed by atoms with Crippen molar-refractivity contribution in [1.29, 1.82) is 0 Å². The van der Waals surface area contributed by atoms with Crippen LogP contribution in [0.15, 0.2) is 0 Å². The van der Waals surface area contributed by atoms with Crippen molar-refractivity contribution in [2.75, 3.05) is 13.6 Å². The average molecular weight is 300 g/mol. The molecule has 0 amide bonds. The molecule has 21 heavy (non-hydrogen) atoms. The lowest BCUT2D eigenvalue weighted by atomic mass is 10.0. The number of aliphatic hydroxyl groups is 1. The number of hydrogen-bond donors (Lipinski definition) is 1. The Morgan fingerprint density at radius 2 is 1.00 bits per heavy atom. The number of unbranched alkanes of at least 4 members (excludes halogenated alkanes) is 13. The molecule has 0 fully saturated rings. The van der Waals surface area contributed by atoms with Crippen LogP contribution in [0.4, 0.5) is 0 Å². The van der Waals surface area contributed by atoms with Crippen LogP contribution in [-0.4, -0.2) is 29.8 Å². The highest BCUT2D eigenvalue weighted by Gasteiger charge is 2.02. The molecule has 1 unspecified atom stereocenters. The minimum absolute atomic E-state index is 0.299. The van der Waals surface area contributed by atoms with Gasteiger partial charge in [-0.1, -0.05) is 90.4 Å². The average Bonchev–Trinajstić information content (AvgIpc) is 2.47. The fourth-order valence-corrected chi connectivity index (χ4v) is 2.74. The van der Waals surface area contributed by atoms with E-state index in [2.05, 4.69) is 6.92 Å². The highest BCUT2D eigenvalue weighted by atomic mass is 16.3. The molecule has 0 heterocycles. The Morgan fingerprint density at radius 1 is 0.667 bits per heavy atom. The van der Waals surface area contributed by atoms with E-state index in [4.69, 9.17) is 0 Å². The summed E-state index contributed by atoms with van der Waals surface area (Å²) in [5.74, 6) is 0. The molecule has 0 radical (unpaired) electrons. The predicted molar refractivity (Wildman–Crippen MR) is 94.6 cm³/mol. The standard InChI is InChI=1S/C19H41NO/c1-4-5-6-7-8-9-10-11-12-13-14-15-16-17-18-20(3)19(2)21/h19,21H,4-18H2,1-3H3. The minimum Gasteiger partial charge on any atom is -0.379 e. The first-order valence-corrected chi connectivity index (χ1v) is 9.56. The quantitative estimate of drug-likeness (QED) is 0.290. The van der Waals surface area contributed by atoms with Gasteiger partial charge in [0.05, 0.1) is 0 Å². The van der Waals surface area contributed by atoms with Crippen LogP contribution >= 0.6 is 0 Å². The molecule has 0 aromatic rings. The normalized spacial score (nSPS) is 13.0. The van der Waals surface area contributed by atoms with Crippen LogP contribution in [0.3, 0.4) is 0 Å². The fourth-order valence-electron chi connectivity index (χ4n) is 2.74. The zero-order valence-electron chi connectivity index (χ0n) is 15.1. The Balaban J connectivity index is 3.03. The van der Waals surface area contributed by atoms with Gasteiger partial charge in [0.2, 0.25) is 0 Å². The SMILES string of the molecule is CCCCCCCCCCCCCCCCN(C)C(C)O. The molecule has 2 nitrogen and oxygen atoms in total. The summed E-state index contributed by atoms with van der Waals surface area (Å²) in [5, 5.41) is 9.35. The molecule has 0 bridgehead atoms. The van der Waals surface area contributed by atoms with Gasteiger partial charge in [0.25, 0.3) is 0 Å². The minimum atomic E-state index is -0.299. The van der Waals surface area contributed by atoms with Crippen LogP contribution in [-0.2, 0) is 0 Å². The van der Waals surface area contributed by atoms with Crippen molar-refractivity contribution in [3.05, 3.63) is 0 Å². The lowest BCUT2D eigenvalue weighted by molar-refractivity contribution is 0.0373. The van der Waals surface area contributed by atoms with Crippen LogP contribution < -0.4 is 0 Å². The van der Waals surface area contributed by atoms with Gasteiger partial charge in [0.1, 0.15) is 6.23 Å². The van der Waals surface area contributed by atoms with Gasteiger partial charge in [-0.25, -0.2) is 0 Å². The maximum atomic E-state index is 9.35. The number of aliphatic hydroxyl groups excluding tert-OH is 1. The summed E-state index contributed by atoms with van der Waals surface area (Å²) in [4.78, 5) is 2.01. The third kappa shape index (κ3) is 16.1. The second kappa shape index (κ2) is 16.3. The Labute approximate surface area is 134 Å². The van der Waals surface area contributed by atoms with Crippen molar-refractivity contribution in [2.45, 2.75) is 110 Å². The van der Waals surface area contributed by atoms with Crippen LogP contribution in [0.5, 0.6) is 0 Å². The van der Waals surface area contributed by atoms with Gasteiger partial charge in [-0.15, -0.1) is 0 Å². The molecule has 0 rings (SSSR count). The van der Waals surface area contributed by atoms with E-state index in [1.54, 1.807) is 0 Å². The van der Waals surface area contributed by atoms with Crippen molar-refractivity contribution in [2.24, 2.45) is 0 Å². The zero-order chi connectivity index (χ0) is 15.8. The van der Waals surface area contributed by atoms with Crippen LogP contribution in [0.2, 0.25) is 0 Å². The third-order valence-corrected chi connectivity index (χ3v) is 4.50. The van der Waals surface area contributed by atoms with Gasteiger partial charge in [-0.3, -0.25) is 4.90 Å². The molecule has 0 aliphatic rings. The van der Waals surface area contributed by atoms with Gasteiger partial charge < -0.3 is 5.11 Å². The first kappa shape index (κ1) is 20.9. The monoisotopic (exact) mass is 299 g/mol. The number of rotatable bonds is 16. The second-order valence-corrected chi connectivity index (χ2v) is 6.71. The van der Waals surface area contributed by atoms with Gasteiger partial charge in [-0.2, -0.15) is 0 Å². The molecular weight excluding hydrogens is 258 g/mol. The second-order valence-electron chi connectivity index (χ2n) is 6.71. The lowest BCUT2D eigenvalue weighted by Gasteiger charge is -2.19. The summed E-state index contributed by atoms with van der Waals surface area (Å²) >= 11 is 0. The van der Waals surface area contributed by atoms with Crippen molar-refractivity contribution < 1.29 is 5.11 Å². The highest BCUT2D eigenvalue weighted by molar-refractivity contribution is 4.53. The van der Waals surface area contributed by atoms with Crippen molar-refractivity contribution >= 4 is 0 Å². The first-order valence-electron chi connectivity index (χ1n) is 9.56. The summed E-state index contributed by atoms with van der Waals surface area (Å²) in [5.41, 5.74) is 0. The van der Waals surface area contributed by atoms with E-state index >= 15 is 0 Å². The summed E-state index contributed by atoms with van der Waals surface area (Å²) < 4.78 is 0. The van der Waals surface area contributed by atoms with Gasteiger partial charge in [0.15, 0.2) is 0 Å². The summed E-state index contributed by atoms with van der Waals surface area (Å²) in [6.07, 6.45) is 19.3. The van der Waals surface area contributed by atoms with Crippen molar-refractivity contribution in [3.63, 3.8) is 0 Å². The van der Waals surface area contributed by atoms with Crippen molar-refractivity contribution in [1.82, 2.24) is 4.90 Å². The Morgan fingerprint density at radius 3 is 1.33 bits per heavy atom. The predicted octanol–water partition coefficient (Wildman–Crippen LogP) is 5.74. The molecule has 128 valence electrons. The van der Waals surface area contributed by atoms with E-state index in [9.17, 15) is 5.11 Å². The Hall–Kier alpha value is -0.0800. The maximum absolute atomic E-state index is 9.35. The molecule has 0 spiro atoms. The van der Waals surface area contributed by atoms with E-state index < -0.39 is 0 Å². The number of nitrogens with zero attached hydrogens (tertiary/aromatic N) is 1. The summed E-state index contributed by atoms with van der Waals surface area (Å²) in [7, 11) is 1.99. The molecule has 1 atom stereocenters. The largest absolute Gasteiger partial charge is 0.379 e.